The van der Waals surface area contributed by atoms with E-state index < -0.39 is 0 Å². The molecule has 2 aromatic heterocycles. The van der Waals surface area contributed by atoms with Crippen molar-refractivity contribution < 1.29 is 9.47 Å². The molecular weight excluding hydrogens is 440 g/mol. The van der Waals surface area contributed by atoms with Gasteiger partial charge in [-0.15, -0.1) is 21.5 Å². The standard InChI is InChI=1S/C24H26N4O2S2/c1-5-28-22(17(3)30-21-12-10-20(29-4)11-13-21)26-27-24(28)32-15-19-14-31-23(25-19)18-8-6-16(2)7-9-18/h6-14,17H,5,15H2,1-4H3/t17-/m1/s1. The van der Waals surface area contributed by atoms with E-state index in [0.717, 1.165) is 51.0 Å². The number of thiazole rings is 1. The zero-order chi connectivity index (χ0) is 22.5. The van der Waals surface area contributed by atoms with Crippen LogP contribution in [0.3, 0.4) is 0 Å². The molecule has 0 amide bonds. The van der Waals surface area contributed by atoms with Gasteiger partial charge >= 0.3 is 0 Å². The molecule has 4 rings (SSSR count). The van der Waals surface area contributed by atoms with Crippen LogP contribution in [-0.4, -0.2) is 26.9 Å². The molecule has 0 unspecified atom stereocenters. The Hall–Kier alpha value is -2.84. The minimum atomic E-state index is -0.224. The lowest BCUT2D eigenvalue weighted by molar-refractivity contribution is 0.209. The first-order valence-corrected chi connectivity index (χ1v) is 12.3. The highest BCUT2D eigenvalue weighted by Gasteiger charge is 2.19. The van der Waals surface area contributed by atoms with Gasteiger partial charge in [0.25, 0.3) is 0 Å². The van der Waals surface area contributed by atoms with Crippen LogP contribution in [0.2, 0.25) is 0 Å². The van der Waals surface area contributed by atoms with Gasteiger partial charge in [-0.1, -0.05) is 41.6 Å². The van der Waals surface area contributed by atoms with Crippen molar-refractivity contribution in [3.63, 3.8) is 0 Å². The summed E-state index contributed by atoms with van der Waals surface area (Å²) >= 11 is 3.32. The Kier molecular flexibility index (Phi) is 7.12. The fraction of sp³-hybridized carbons (Fsp3) is 0.292. The summed E-state index contributed by atoms with van der Waals surface area (Å²) in [6.45, 7) is 6.94. The fourth-order valence-electron chi connectivity index (χ4n) is 3.26. The molecular formula is C24H26N4O2S2. The van der Waals surface area contributed by atoms with Crippen LogP contribution in [0.5, 0.6) is 11.5 Å². The van der Waals surface area contributed by atoms with Crippen LogP contribution in [0.25, 0.3) is 10.6 Å². The third kappa shape index (κ3) is 5.14. The number of ether oxygens (including phenoxy) is 2. The van der Waals surface area contributed by atoms with Crippen LogP contribution in [0.15, 0.2) is 59.1 Å². The summed E-state index contributed by atoms with van der Waals surface area (Å²) < 4.78 is 13.4. The summed E-state index contributed by atoms with van der Waals surface area (Å²) in [6.07, 6.45) is -0.224. The number of nitrogens with zero attached hydrogens (tertiary/aromatic N) is 4. The first-order valence-electron chi connectivity index (χ1n) is 10.5. The number of aryl methyl sites for hydroxylation is 1. The van der Waals surface area contributed by atoms with Crippen molar-refractivity contribution in [2.75, 3.05) is 7.11 Å². The number of hydrogen-bond acceptors (Lipinski definition) is 7. The van der Waals surface area contributed by atoms with Gasteiger partial charge in [0, 0.05) is 23.2 Å². The minimum absolute atomic E-state index is 0.224. The predicted molar refractivity (Wildman–Crippen MR) is 130 cm³/mol. The van der Waals surface area contributed by atoms with Gasteiger partial charge in [-0.25, -0.2) is 4.98 Å². The Balaban J connectivity index is 1.42. The highest BCUT2D eigenvalue weighted by atomic mass is 32.2. The molecule has 0 spiro atoms. The predicted octanol–water partition coefficient (Wildman–Crippen LogP) is 6.17. The number of benzene rings is 2. The highest BCUT2D eigenvalue weighted by Crippen LogP contribution is 2.29. The summed E-state index contributed by atoms with van der Waals surface area (Å²) in [5.41, 5.74) is 3.45. The topological polar surface area (TPSA) is 62.1 Å². The monoisotopic (exact) mass is 466 g/mol. The van der Waals surface area contributed by atoms with Crippen molar-refractivity contribution in [3.05, 3.63) is 71.0 Å². The van der Waals surface area contributed by atoms with Gasteiger partial charge in [-0.05, 0) is 45.0 Å². The van der Waals surface area contributed by atoms with Gasteiger partial charge < -0.3 is 14.0 Å². The normalized spacial score (nSPS) is 12.0. The second-order valence-corrected chi connectivity index (χ2v) is 9.12. The molecule has 2 heterocycles. The summed E-state index contributed by atoms with van der Waals surface area (Å²) in [5, 5.41) is 12.9. The van der Waals surface area contributed by atoms with Crippen molar-refractivity contribution in [2.45, 2.75) is 44.3 Å². The average Bonchev–Trinajstić information content (AvgIpc) is 3.45. The van der Waals surface area contributed by atoms with E-state index in [2.05, 4.69) is 58.3 Å². The molecule has 6 nitrogen and oxygen atoms in total. The average molecular weight is 467 g/mol. The molecule has 1 atom stereocenters. The van der Waals surface area contributed by atoms with Crippen molar-refractivity contribution >= 4 is 23.1 Å². The SMILES string of the molecule is CCn1c(SCc2csc(-c3ccc(C)cc3)n2)nnc1[C@@H](C)Oc1ccc(OC)cc1. The van der Waals surface area contributed by atoms with Crippen LogP contribution >= 0.6 is 23.1 Å². The molecule has 32 heavy (non-hydrogen) atoms. The van der Waals surface area contributed by atoms with E-state index in [1.807, 2.05) is 31.2 Å². The molecule has 0 radical (unpaired) electrons. The Labute approximate surface area is 196 Å². The largest absolute Gasteiger partial charge is 0.497 e. The van der Waals surface area contributed by atoms with Crippen molar-refractivity contribution in [1.82, 2.24) is 19.7 Å². The number of aromatic nitrogens is 4. The molecule has 8 heteroatoms. The zero-order valence-corrected chi connectivity index (χ0v) is 20.2. The maximum absolute atomic E-state index is 6.08. The van der Waals surface area contributed by atoms with E-state index in [4.69, 9.17) is 14.5 Å². The number of methoxy groups -OCH3 is 1. The van der Waals surface area contributed by atoms with Crippen molar-refractivity contribution in [3.8, 4) is 22.1 Å². The molecule has 0 saturated carbocycles. The van der Waals surface area contributed by atoms with Crippen molar-refractivity contribution in [1.29, 1.82) is 0 Å². The highest BCUT2D eigenvalue weighted by molar-refractivity contribution is 7.98. The summed E-state index contributed by atoms with van der Waals surface area (Å²) in [7, 11) is 1.65. The lowest BCUT2D eigenvalue weighted by Gasteiger charge is -2.15. The molecule has 2 aromatic carbocycles. The van der Waals surface area contributed by atoms with Gasteiger partial charge in [0.05, 0.1) is 12.8 Å². The van der Waals surface area contributed by atoms with Crippen LogP contribution in [0, 0.1) is 6.92 Å². The Bertz CT molecular complexity index is 1150. The van der Waals surface area contributed by atoms with Gasteiger partial charge in [-0.3, -0.25) is 0 Å². The van der Waals surface area contributed by atoms with E-state index >= 15 is 0 Å². The van der Waals surface area contributed by atoms with Crippen molar-refractivity contribution in [2.24, 2.45) is 0 Å². The first-order chi connectivity index (χ1) is 15.6. The fourth-order valence-corrected chi connectivity index (χ4v) is 5.09. The maximum Gasteiger partial charge on any atom is 0.191 e. The van der Waals surface area contributed by atoms with Crippen LogP contribution in [0.1, 0.15) is 37.0 Å². The van der Waals surface area contributed by atoms with Crippen LogP contribution < -0.4 is 9.47 Å². The molecule has 0 aliphatic heterocycles. The smallest absolute Gasteiger partial charge is 0.191 e. The van der Waals surface area contributed by atoms with Crippen LogP contribution in [0.4, 0.5) is 0 Å². The lowest BCUT2D eigenvalue weighted by atomic mass is 10.2. The molecule has 166 valence electrons. The third-order valence-corrected chi connectivity index (χ3v) is 6.94. The summed E-state index contributed by atoms with van der Waals surface area (Å²) in [5.74, 6) is 3.12. The lowest BCUT2D eigenvalue weighted by Crippen LogP contribution is -2.12. The molecule has 0 aliphatic rings. The number of thioether (sulfide) groups is 1. The van der Waals surface area contributed by atoms with Gasteiger partial charge in [0.1, 0.15) is 16.5 Å². The minimum Gasteiger partial charge on any atom is -0.497 e. The van der Waals surface area contributed by atoms with E-state index in [1.165, 1.54) is 5.56 Å². The quantitative estimate of drug-likeness (QED) is 0.275. The van der Waals surface area contributed by atoms with Gasteiger partial charge in [0.2, 0.25) is 0 Å². The third-order valence-electron chi connectivity index (χ3n) is 5.00. The van der Waals surface area contributed by atoms with E-state index in [1.54, 1.807) is 30.2 Å². The second-order valence-electron chi connectivity index (χ2n) is 7.32. The van der Waals surface area contributed by atoms with Crippen LogP contribution in [-0.2, 0) is 12.3 Å². The number of hydrogen-bond donors (Lipinski definition) is 0. The summed E-state index contributed by atoms with van der Waals surface area (Å²) in [4.78, 5) is 4.80. The zero-order valence-electron chi connectivity index (χ0n) is 18.6. The molecule has 0 saturated heterocycles. The Morgan fingerprint density at radius 3 is 2.44 bits per heavy atom. The molecule has 4 aromatic rings. The van der Waals surface area contributed by atoms with Gasteiger partial charge in [-0.2, -0.15) is 0 Å². The molecule has 0 fully saturated rings. The van der Waals surface area contributed by atoms with E-state index in [-0.39, 0.29) is 6.10 Å². The first kappa shape index (κ1) is 22.4. The molecule has 0 aliphatic carbocycles. The maximum atomic E-state index is 6.08. The van der Waals surface area contributed by atoms with E-state index in [0.29, 0.717) is 0 Å². The Morgan fingerprint density at radius 2 is 1.75 bits per heavy atom. The van der Waals surface area contributed by atoms with Gasteiger partial charge in [0.15, 0.2) is 17.1 Å². The molecule has 0 bridgehead atoms. The second kappa shape index (κ2) is 10.2. The summed E-state index contributed by atoms with van der Waals surface area (Å²) in [6, 6.07) is 16.0. The Morgan fingerprint density at radius 1 is 1.03 bits per heavy atom. The van der Waals surface area contributed by atoms with E-state index in [9.17, 15) is 0 Å². The number of rotatable bonds is 9. The molecule has 0 N–H and O–H groups in total.